The molecule has 0 bridgehead atoms. The van der Waals surface area contributed by atoms with Crippen LogP contribution in [-0.4, -0.2) is 47.7 Å². The maximum atomic E-state index is 10.7. The molecule has 0 aromatic carbocycles. The first-order valence-electron chi connectivity index (χ1n) is 5.33. The van der Waals surface area contributed by atoms with Gasteiger partial charge < -0.3 is 10.4 Å². The van der Waals surface area contributed by atoms with E-state index in [2.05, 4.69) is 24.1 Å². The summed E-state index contributed by atoms with van der Waals surface area (Å²) in [5.41, 5.74) is 0. The van der Waals surface area contributed by atoms with Crippen LogP contribution in [0.3, 0.4) is 0 Å². The van der Waals surface area contributed by atoms with Gasteiger partial charge in [0, 0.05) is 25.2 Å². The van der Waals surface area contributed by atoms with E-state index in [-0.39, 0.29) is 12.5 Å². The molecule has 0 saturated carbocycles. The summed E-state index contributed by atoms with van der Waals surface area (Å²) in [5, 5.41) is 12.1. The minimum absolute atomic E-state index is 0.163. The van der Waals surface area contributed by atoms with Gasteiger partial charge in [-0.05, 0) is 19.9 Å². The van der Waals surface area contributed by atoms with Crippen molar-refractivity contribution in [1.82, 2.24) is 10.2 Å². The maximum Gasteiger partial charge on any atom is 0.304 e. The average molecular weight is 200 g/mol. The Balaban J connectivity index is 2.54. The number of nitrogens with one attached hydrogen (secondary N) is 1. The number of carbonyl (C=O) groups is 1. The van der Waals surface area contributed by atoms with Gasteiger partial charge in [0.25, 0.3) is 0 Å². The van der Waals surface area contributed by atoms with E-state index in [9.17, 15) is 4.79 Å². The molecule has 0 radical (unpaired) electrons. The minimum Gasteiger partial charge on any atom is -0.481 e. The normalized spacial score (nSPS) is 29.0. The summed E-state index contributed by atoms with van der Waals surface area (Å²) in [4.78, 5) is 13.0. The highest BCUT2D eigenvalue weighted by molar-refractivity contribution is 5.67. The quantitative estimate of drug-likeness (QED) is 0.695. The summed E-state index contributed by atoms with van der Waals surface area (Å²) in [7, 11) is 0. The Labute approximate surface area is 85.3 Å². The molecule has 1 rings (SSSR count). The summed E-state index contributed by atoms with van der Waals surface area (Å²) in [6.07, 6.45) is 1.33. The number of nitrogens with zero attached hydrogens (tertiary/aromatic N) is 1. The van der Waals surface area contributed by atoms with Crippen LogP contribution in [0.2, 0.25) is 0 Å². The van der Waals surface area contributed by atoms with Crippen LogP contribution in [0.5, 0.6) is 0 Å². The third-order valence-electron chi connectivity index (χ3n) is 2.75. The second-order valence-corrected chi connectivity index (χ2v) is 4.00. The van der Waals surface area contributed by atoms with Gasteiger partial charge in [0.05, 0.1) is 6.42 Å². The second kappa shape index (κ2) is 5.32. The SMILES string of the molecule is CCCN1C(C)CNCC1CC(=O)O. The van der Waals surface area contributed by atoms with Crippen molar-refractivity contribution in [3.8, 4) is 0 Å². The van der Waals surface area contributed by atoms with Gasteiger partial charge in [-0.25, -0.2) is 0 Å². The summed E-state index contributed by atoms with van der Waals surface area (Å²) in [6.45, 7) is 7.05. The van der Waals surface area contributed by atoms with Gasteiger partial charge in [-0.2, -0.15) is 0 Å². The molecule has 0 spiro atoms. The Morgan fingerprint density at radius 3 is 2.86 bits per heavy atom. The number of piperazine rings is 1. The molecule has 2 atom stereocenters. The fourth-order valence-electron chi connectivity index (χ4n) is 2.11. The van der Waals surface area contributed by atoms with E-state index in [1.54, 1.807) is 0 Å². The highest BCUT2D eigenvalue weighted by Crippen LogP contribution is 2.13. The number of hydrogen-bond acceptors (Lipinski definition) is 3. The van der Waals surface area contributed by atoms with Crippen molar-refractivity contribution in [2.45, 2.75) is 38.8 Å². The van der Waals surface area contributed by atoms with Gasteiger partial charge in [-0.1, -0.05) is 6.92 Å². The fourth-order valence-corrected chi connectivity index (χ4v) is 2.11. The van der Waals surface area contributed by atoms with E-state index in [0.717, 1.165) is 26.1 Å². The molecule has 0 amide bonds. The Morgan fingerprint density at radius 1 is 1.57 bits per heavy atom. The van der Waals surface area contributed by atoms with Gasteiger partial charge >= 0.3 is 5.97 Å². The fraction of sp³-hybridized carbons (Fsp3) is 0.900. The van der Waals surface area contributed by atoms with Crippen molar-refractivity contribution in [3.63, 3.8) is 0 Å². The monoisotopic (exact) mass is 200 g/mol. The molecule has 1 saturated heterocycles. The number of aliphatic carboxylic acids is 1. The molecular weight excluding hydrogens is 180 g/mol. The molecule has 1 heterocycles. The molecule has 14 heavy (non-hydrogen) atoms. The zero-order chi connectivity index (χ0) is 10.6. The van der Waals surface area contributed by atoms with Crippen LogP contribution in [0.25, 0.3) is 0 Å². The largest absolute Gasteiger partial charge is 0.481 e. The maximum absolute atomic E-state index is 10.7. The Kier molecular flexibility index (Phi) is 4.35. The van der Waals surface area contributed by atoms with Crippen LogP contribution in [0.4, 0.5) is 0 Å². The Morgan fingerprint density at radius 2 is 2.29 bits per heavy atom. The first-order valence-corrected chi connectivity index (χ1v) is 5.33. The number of rotatable bonds is 4. The van der Waals surface area contributed by atoms with Crippen LogP contribution in [-0.2, 0) is 4.79 Å². The molecule has 2 unspecified atom stereocenters. The van der Waals surface area contributed by atoms with Gasteiger partial charge in [0.15, 0.2) is 0 Å². The molecule has 1 fully saturated rings. The van der Waals surface area contributed by atoms with Gasteiger partial charge in [-0.3, -0.25) is 9.69 Å². The topological polar surface area (TPSA) is 52.6 Å². The molecule has 0 aromatic rings. The summed E-state index contributed by atoms with van der Waals surface area (Å²) >= 11 is 0. The van der Waals surface area contributed by atoms with E-state index in [4.69, 9.17) is 5.11 Å². The lowest BCUT2D eigenvalue weighted by Gasteiger charge is -2.40. The lowest BCUT2D eigenvalue weighted by molar-refractivity contribution is -0.138. The van der Waals surface area contributed by atoms with Gasteiger partial charge in [0.2, 0.25) is 0 Å². The lowest BCUT2D eigenvalue weighted by Crippen LogP contribution is -2.56. The van der Waals surface area contributed by atoms with Crippen molar-refractivity contribution < 1.29 is 9.90 Å². The molecule has 0 aromatic heterocycles. The molecule has 4 heteroatoms. The van der Waals surface area contributed by atoms with E-state index in [0.29, 0.717) is 6.04 Å². The summed E-state index contributed by atoms with van der Waals surface area (Å²) < 4.78 is 0. The van der Waals surface area contributed by atoms with E-state index in [1.807, 2.05) is 0 Å². The first kappa shape index (κ1) is 11.5. The lowest BCUT2D eigenvalue weighted by atomic mass is 10.1. The van der Waals surface area contributed by atoms with Crippen LogP contribution < -0.4 is 5.32 Å². The molecule has 82 valence electrons. The molecule has 2 N–H and O–H groups in total. The van der Waals surface area contributed by atoms with Crippen LogP contribution >= 0.6 is 0 Å². The number of carboxylic acid groups (broad SMARTS) is 1. The number of hydrogen-bond donors (Lipinski definition) is 2. The van der Waals surface area contributed by atoms with Crippen LogP contribution in [0, 0.1) is 0 Å². The average Bonchev–Trinajstić information content (AvgIpc) is 2.10. The summed E-state index contributed by atoms with van der Waals surface area (Å²) in [5.74, 6) is -0.702. The minimum atomic E-state index is -0.702. The van der Waals surface area contributed by atoms with Crippen molar-refractivity contribution in [2.24, 2.45) is 0 Å². The Hall–Kier alpha value is -0.610. The standard InChI is InChI=1S/C10H20N2O2/c1-3-4-12-8(2)6-11-7-9(12)5-10(13)14/h8-9,11H,3-7H2,1-2H3,(H,13,14). The smallest absolute Gasteiger partial charge is 0.304 e. The number of carboxylic acids is 1. The predicted octanol–water partition coefficient (Wildman–Crippen LogP) is 0.533. The zero-order valence-electron chi connectivity index (χ0n) is 8.99. The molecular formula is C10H20N2O2. The van der Waals surface area contributed by atoms with E-state index < -0.39 is 5.97 Å². The third kappa shape index (κ3) is 2.96. The van der Waals surface area contributed by atoms with Crippen molar-refractivity contribution >= 4 is 5.97 Å². The molecule has 4 nitrogen and oxygen atoms in total. The highest BCUT2D eigenvalue weighted by atomic mass is 16.4. The molecule has 1 aliphatic heterocycles. The van der Waals surface area contributed by atoms with Crippen LogP contribution in [0.1, 0.15) is 26.7 Å². The zero-order valence-corrected chi connectivity index (χ0v) is 8.99. The Bertz CT molecular complexity index is 197. The van der Waals surface area contributed by atoms with E-state index in [1.165, 1.54) is 0 Å². The second-order valence-electron chi connectivity index (χ2n) is 4.00. The van der Waals surface area contributed by atoms with Crippen molar-refractivity contribution in [3.05, 3.63) is 0 Å². The van der Waals surface area contributed by atoms with Crippen molar-refractivity contribution in [2.75, 3.05) is 19.6 Å². The van der Waals surface area contributed by atoms with E-state index >= 15 is 0 Å². The summed E-state index contributed by atoms with van der Waals surface area (Å²) in [6, 6.07) is 0.615. The predicted molar refractivity (Wildman–Crippen MR) is 55.4 cm³/mol. The molecule has 1 aliphatic rings. The van der Waals surface area contributed by atoms with Gasteiger partial charge in [0.1, 0.15) is 0 Å². The first-order chi connectivity index (χ1) is 6.65. The highest BCUT2D eigenvalue weighted by Gasteiger charge is 2.28. The third-order valence-corrected chi connectivity index (χ3v) is 2.75. The van der Waals surface area contributed by atoms with Gasteiger partial charge in [-0.15, -0.1) is 0 Å². The molecule has 0 aliphatic carbocycles. The van der Waals surface area contributed by atoms with Crippen LogP contribution in [0.15, 0.2) is 0 Å². The van der Waals surface area contributed by atoms with Crippen molar-refractivity contribution in [1.29, 1.82) is 0 Å².